The van der Waals surface area contributed by atoms with E-state index in [4.69, 9.17) is 4.74 Å². The Hall–Kier alpha value is -1.56. The van der Waals surface area contributed by atoms with E-state index in [1.165, 1.54) is 0 Å². The van der Waals surface area contributed by atoms with Gasteiger partial charge in [0.1, 0.15) is 12.4 Å². The molecular formula is C20H22INO2. The summed E-state index contributed by atoms with van der Waals surface area (Å²) in [5.41, 5.74) is 1.89. The third-order valence-electron chi connectivity index (χ3n) is 4.49. The minimum absolute atomic E-state index is 0.134. The van der Waals surface area contributed by atoms with Gasteiger partial charge in [0.15, 0.2) is 0 Å². The van der Waals surface area contributed by atoms with E-state index in [-0.39, 0.29) is 5.91 Å². The van der Waals surface area contributed by atoms with Crippen molar-refractivity contribution in [1.82, 2.24) is 4.90 Å². The molecule has 0 saturated carbocycles. The van der Waals surface area contributed by atoms with Crippen LogP contribution < -0.4 is 4.74 Å². The Labute approximate surface area is 157 Å². The van der Waals surface area contributed by atoms with Crippen LogP contribution in [0, 0.1) is 9.49 Å². The van der Waals surface area contributed by atoms with E-state index < -0.39 is 0 Å². The van der Waals surface area contributed by atoms with E-state index in [1.54, 1.807) is 0 Å². The standard InChI is InChI=1S/C20H22INO2/c1-15-9-11-22(12-10-15)20(23)17-7-8-19(18(21)13-17)24-14-16-5-3-2-4-6-16/h2-8,13,15H,9-12,14H2,1H3. The summed E-state index contributed by atoms with van der Waals surface area (Å²) in [7, 11) is 0. The molecule has 126 valence electrons. The summed E-state index contributed by atoms with van der Waals surface area (Å²) in [4.78, 5) is 14.6. The van der Waals surface area contributed by atoms with Crippen LogP contribution in [0.15, 0.2) is 48.5 Å². The van der Waals surface area contributed by atoms with E-state index in [0.717, 1.165) is 52.3 Å². The van der Waals surface area contributed by atoms with Gasteiger partial charge in [0, 0.05) is 18.7 Å². The number of ether oxygens (including phenoxy) is 1. The molecule has 2 aromatic carbocycles. The lowest BCUT2D eigenvalue weighted by Crippen LogP contribution is -2.37. The van der Waals surface area contributed by atoms with E-state index in [9.17, 15) is 4.79 Å². The van der Waals surface area contributed by atoms with Gasteiger partial charge in [-0.05, 0) is 65.1 Å². The Balaban J connectivity index is 1.64. The number of carbonyl (C=O) groups is 1. The second kappa shape index (κ2) is 8.01. The number of hydrogen-bond donors (Lipinski definition) is 0. The first-order valence-corrected chi connectivity index (χ1v) is 9.47. The minimum atomic E-state index is 0.134. The summed E-state index contributed by atoms with van der Waals surface area (Å²) in [5.74, 6) is 1.68. The van der Waals surface area contributed by atoms with Crippen molar-refractivity contribution in [3.8, 4) is 5.75 Å². The molecule has 4 heteroatoms. The number of piperidine rings is 1. The van der Waals surface area contributed by atoms with Gasteiger partial charge in [-0.1, -0.05) is 37.3 Å². The zero-order valence-corrected chi connectivity index (χ0v) is 16.0. The summed E-state index contributed by atoms with van der Waals surface area (Å²) in [6, 6.07) is 15.8. The second-order valence-corrected chi connectivity index (χ2v) is 7.56. The molecule has 0 unspecified atom stereocenters. The molecule has 0 aromatic heterocycles. The van der Waals surface area contributed by atoms with Crippen LogP contribution in [0.5, 0.6) is 5.75 Å². The molecular weight excluding hydrogens is 413 g/mol. The van der Waals surface area contributed by atoms with Gasteiger partial charge in [0.05, 0.1) is 3.57 Å². The maximum absolute atomic E-state index is 12.6. The Kier molecular flexibility index (Phi) is 5.76. The van der Waals surface area contributed by atoms with Crippen LogP contribution in [-0.4, -0.2) is 23.9 Å². The lowest BCUT2D eigenvalue weighted by molar-refractivity contribution is 0.0697. The van der Waals surface area contributed by atoms with Crippen molar-refractivity contribution in [2.45, 2.75) is 26.4 Å². The molecule has 0 N–H and O–H groups in total. The number of rotatable bonds is 4. The molecule has 0 spiro atoms. The predicted octanol–water partition coefficient (Wildman–Crippen LogP) is 4.74. The van der Waals surface area contributed by atoms with E-state index in [0.29, 0.717) is 6.61 Å². The average molecular weight is 435 g/mol. The smallest absolute Gasteiger partial charge is 0.253 e. The predicted molar refractivity (Wildman–Crippen MR) is 104 cm³/mol. The highest BCUT2D eigenvalue weighted by atomic mass is 127. The van der Waals surface area contributed by atoms with Crippen molar-refractivity contribution < 1.29 is 9.53 Å². The summed E-state index contributed by atoms with van der Waals surface area (Å²) < 4.78 is 6.86. The molecule has 2 aromatic rings. The SMILES string of the molecule is CC1CCN(C(=O)c2ccc(OCc3ccccc3)c(I)c2)CC1. The number of carbonyl (C=O) groups excluding carboxylic acids is 1. The zero-order valence-electron chi connectivity index (χ0n) is 13.9. The van der Waals surface area contributed by atoms with Crippen LogP contribution in [0.2, 0.25) is 0 Å². The molecule has 1 aliphatic rings. The van der Waals surface area contributed by atoms with Crippen molar-refractivity contribution in [2.75, 3.05) is 13.1 Å². The second-order valence-electron chi connectivity index (χ2n) is 6.39. The fourth-order valence-corrected chi connectivity index (χ4v) is 3.55. The molecule has 3 rings (SSSR count). The van der Waals surface area contributed by atoms with Gasteiger partial charge in [-0.2, -0.15) is 0 Å². The van der Waals surface area contributed by atoms with Gasteiger partial charge in [-0.3, -0.25) is 4.79 Å². The zero-order chi connectivity index (χ0) is 16.9. The summed E-state index contributed by atoms with van der Waals surface area (Å²) in [5, 5.41) is 0. The first kappa shape index (κ1) is 17.3. The van der Waals surface area contributed by atoms with Crippen LogP contribution in [0.3, 0.4) is 0 Å². The summed E-state index contributed by atoms with van der Waals surface area (Å²) in [6.45, 7) is 4.52. The molecule has 0 radical (unpaired) electrons. The third kappa shape index (κ3) is 4.29. The first-order chi connectivity index (χ1) is 11.6. The minimum Gasteiger partial charge on any atom is -0.488 e. The molecule has 1 aliphatic heterocycles. The van der Waals surface area contributed by atoms with Crippen LogP contribution in [0.1, 0.15) is 35.7 Å². The number of likely N-dealkylation sites (tertiary alicyclic amines) is 1. The Bertz CT molecular complexity index is 694. The van der Waals surface area contributed by atoms with Gasteiger partial charge in [-0.15, -0.1) is 0 Å². The number of benzene rings is 2. The number of halogens is 1. The molecule has 1 heterocycles. The molecule has 1 amide bonds. The normalized spacial score (nSPS) is 15.3. The van der Waals surface area contributed by atoms with Crippen molar-refractivity contribution in [1.29, 1.82) is 0 Å². The quantitative estimate of drug-likeness (QED) is 0.650. The first-order valence-electron chi connectivity index (χ1n) is 8.39. The van der Waals surface area contributed by atoms with Crippen LogP contribution in [0.25, 0.3) is 0 Å². The van der Waals surface area contributed by atoms with Gasteiger partial charge in [-0.25, -0.2) is 0 Å². The van der Waals surface area contributed by atoms with Crippen molar-refractivity contribution in [2.24, 2.45) is 5.92 Å². The maximum atomic E-state index is 12.6. The largest absolute Gasteiger partial charge is 0.488 e. The average Bonchev–Trinajstić information content (AvgIpc) is 2.61. The summed E-state index contributed by atoms with van der Waals surface area (Å²) >= 11 is 2.24. The molecule has 0 bridgehead atoms. The number of hydrogen-bond acceptors (Lipinski definition) is 2. The molecule has 3 nitrogen and oxygen atoms in total. The fraction of sp³-hybridized carbons (Fsp3) is 0.350. The van der Waals surface area contributed by atoms with Crippen molar-refractivity contribution >= 4 is 28.5 Å². The lowest BCUT2D eigenvalue weighted by Gasteiger charge is -2.30. The molecule has 1 fully saturated rings. The molecule has 1 saturated heterocycles. The molecule has 0 atom stereocenters. The highest BCUT2D eigenvalue weighted by Gasteiger charge is 2.21. The Morgan fingerprint density at radius 1 is 1.17 bits per heavy atom. The van der Waals surface area contributed by atoms with Crippen LogP contribution >= 0.6 is 22.6 Å². The van der Waals surface area contributed by atoms with Crippen LogP contribution in [0.4, 0.5) is 0 Å². The van der Waals surface area contributed by atoms with E-state index >= 15 is 0 Å². The third-order valence-corrected chi connectivity index (χ3v) is 5.33. The van der Waals surface area contributed by atoms with Crippen molar-refractivity contribution in [3.05, 3.63) is 63.2 Å². The maximum Gasteiger partial charge on any atom is 0.253 e. The van der Waals surface area contributed by atoms with Crippen molar-refractivity contribution in [3.63, 3.8) is 0 Å². The fourth-order valence-electron chi connectivity index (χ4n) is 2.88. The highest BCUT2D eigenvalue weighted by molar-refractivity contribution is 14.1. The number of nitrogens with zero attached hydrogens (tertiary/aromatic N) is 1. The van der Waals surface area contributed by atoms with E-state index in [1.807, 2.05) is 53.4 Å². The highest BCUT2D eigenvalue weighted by Crippen LogP contribution is 2.25. The summed E-state index contributed by atoms with van der Waals surface area (Å²) in [6.07, 6.45) is 2.20. The van der Waals surface area contributed by atoms with E-state index in [2.05, 4.69) is 29.5 Å². The van der Waals surface area contributed by atoms with Gasteiger partial charge in [0.2, 0.25) is 0 Å². The monoisotopic (exact) mass is 435 g/mol. The topological polar surface area (TPSA) is 29.5 Å². The van der Waals surface area contributed by atoms with Gasteiger partial charge in [0.25, 0.3) is 5.91 Å². The molecule has 24 heavy (non-hydrogen) atoms. The van der Waals surface area contributed by atoms with Gasteiger partial charge < -0.3 is 9.64 Å². The Morgan fingerprint density at radius 2 is 1.88 bits per heavy atom. The van der Waals surface area contributed by atoms with Gasteiger partial charge >= 0.3 is 0 Å². The molecule has 0 aliphatic carbocycles. The lowest BCUT2D eigenvalue weighted by atomic mass is 9.98. The Morgan fingerprint density at radius 3 is 2.54 bits per heavy atom. The number of amides is 1. The van der Waals surface area contributed by atoms with Crippen LogP contribution in [-0.2, 0) is 6.61 Å².